The third-order valence-electron chi connectivity index (χ3n) is 2.60. The molecule has 1 aromatic heterocycles. The molecule has 0 aliphatic rings. The molecule has 2 N–H and O–H groups in total. The highest BCUT2D eigenvalue weighted by atomic mass is 16.1. The zero-order valence-electron chi connectivity index (χ0n) is 12.3. The van der Waals surface area contributed by atoms with E-state index in [0.29, 0.717) is 18.1 Å². The topological polar surface area (TPSA) is 70.2 Å². The number of carbonyl (C=O) groups is 1. The Morgan fingerprint density at radius 2 is 2.05 bits per heavy atom. The van der Waals surface area contributed by atoms with Gasteiger partial charge < -0.3 is 15.5 Å². The molecule has 0 aliphatic heterocycles. The van der Waals surface area contributed by atoms with Gasteiger partial charge in [0.05, 0.1) is 12.4 Å². The van der Waals surface area contributed by atoms with Gasteiger partial charge >= 0.3 is 0 Å². The second kappa shape index (κ2) is 6.47. The minimum Gasteiger partial charge on any atom is -0.372 e. The van der Waals surface area contributed by atoms with E-state index in [9.17, 15) is 4.79 Å². The molecular weight excluding hydrogens is 242 g/mol. The molecule has 0 aromatic carbocycles. The van der Waals surface area contributed by atoms with Gasteiger partial charge in [-0.25, -0.2) is 4.98 Å². The van der Waals surface area contributed by atoms with Crippen molar-refractivity contribution < 1.29 is 4.79 Å². The standard InChI is InChI=1S/C13H23N5O/c1-13(2,9-18(4)5)8-16-12(19)10-6-15-7-11(14-3)17-10/h6-7H,8-9H2,1-5H3,(H,14,17)(H,16,19). The number of hydrogen-bond donors (Lipinski definition) is 2. The fourth-order valence-corrected chi connectivity index (χ4v) is 1.92. The number of aromatic nitrogens is 2. The van der Waals surface area contributed by atoms with Crippen molar-refractivity contribution in [3.8, 4) is 0 Å². The van der Waals surface area contributed by atoms with E-state index in [0.717, 1.165) is 6.54 Å². The maximum Gasteiger partial charge on any atom is 0.271 e. The van der Waals surface area contributed by atoms with Gasteiger partial charge in [-0.05, 0) is 19.5 Å². The maximum atomic E-state index is 12.0. The predicted octanol–water partition coefficient (Wildman–Crippen LogP) is 0.836. The van der Waals surface area contributed by atoms with Crippen LogP contribution in [0.15, 0.2) is 12.4 Å². The zero-order valence-corrected chi connectivity index (χ0v) is 12.3. The quantitative estimate of drug-likeness (QED) is 0.797. The molecule has 0 unspecified atom stereocenters. The number of amides is 1. The summed E-state index contributed by atoms with van der Waals surface area (Å²) < 4.78 is 0. The number of carbonyl (C=O) groups excluding carboxylic acids is 1. The number of nitrogens with one attached hydrogen (secondary N) is 2. The lowest BCUT2D eigenvalue weighted by Gasteiger charge is -2.28. The van der Waals surface area contributed by atoms with E-state index in [-0.39, 0.29) is 11.3 Å². The van der Waals surface area contributed by atoms with Crippen LogP contribution in [0.25, 0.3) is 0 Å². The van der Waals surface area contributed by atoms with Crippen molar-refractivity contribution in [1.29, 1.82) is 0 Å². The second-order valence-electron chi connectivity index (χ2n) is 5.62. The van der Waals surface area contributed by atoms with E-state index >= 15 is 0 Å². The summed E-state index contributed by atoms with van der Waals surface area (Å²) in [6.45, 7) is 5.72. The van der Waals surface area contributed by atoms with Crippen LogP contribution in [0.1, 0.15) is 24.3 Å². The van der Waals surface area contributed by atoms with Crippen LogP contribution in [0.4, 0.5) is 5.82 Å². The van der Waals surface area contributed by atoms with E-state index in [2.05, 4.69) is 39.3 Å². The monoisotopic (exact) mass is 265 g/mol. The van der Waals surface area contributed by atoms with Crippen LogP contribution in [0.3, 0.4) is 0 Å². The molecular formula is C13H23N5O. The molecule has 1 heterocycles. The molecule has 6 heteroatoms. The third-order valence-corrected chi connectivity index (χ3v) is 2.60. The molecule has 0 fully saturated rings. The molecule has 0 aliphatic carbocycles. The molecule has 6 nitrogen and oxygen atoms in total. The highest BCUT2D eigenvalue weighted by Gasteiger charge is 2.20. The normalized spacial score (nSPS) is 11.5. The molecule has 106 valence electrons. The Bertz CT molecular complexity index is 431. The van der Waals surface area contributed by atoms with Crippen molar-refractivity contribution in [2.45, 2.75) is 13.8 Å². The first-order valence-corrected chi connectivity index (χ1v) is 6.27. The van der Waals surface area contributed by atoms with Crippen molar-refractivity contribution >= 4 is 11.7 Å². The Morgan fingerprint density at radius 3 is 2.63 bits per heavy atom. The van der Waals surface area contributed by atoms with Gasteiger partial charge in [-0.1, -0.05) is 13.8 Å². The second-order valence-corrected chi connectivity index (χ2v) is 5.62. The average Bonchev–Trinajstić information content (AvgIpc) is 2.34. The first-order valence-electron chi connectivity index (χ1n) is 6.27. The fraction of sp³-hybridized carbons (Fsp3) is 0.615. The Kier molecular flexibility index (Phi) is 5.23. The van der Waals surface area contributed by atoms with Crippen molar-refractivity contribution in [3.05, 3.63) is 18.1 Å². The molecule has 0 bridgehead atoms. The van der Waals surface area contributed by atoms with Crippen LogP contribution in [0.5, 0.6) is 0 Å². The van der Waals surface area contributed by atoms with Gasteiger partial charge in [0, 0.05) is 20.1 Å². The minimum absolute atomic E-state index is 0.00715. The summed E-state index contributed by atoms with van der Waals surface area (Å²) >= 11 is 0. The van der Waals surface area contributed by atoms with Crippen LogP contribution in [0, 0.1) is 5.41 Å². The van der Waals surface area contributed by atoms with Crippen LogP contribution in [0.2, 0.25) is 0 Å². The average molecular weight is 265 g/mol. The van der Waals surface area contributed by atoms with Gasteiger partial charge in [-0.3, -0.25) is 9.78 Å². The maximum absolute atomic E-state index is 12.0. The number of hydrogen-bond acceptors (Lipinski definition) is 5. The summed E-state index contributed by atoms with van der Waals surface area (Å²) in [4.78, 5) is 22.2. The Hall–Kier alpha value is -1.69. The highest BCUT2D eigenvalue weighted by molar-refractivity contribution is 5.92. The molecule has 0 spiro atoms. The predicted molar refractivity (Wildman–Crippen MR) is 76.2 cm³/mol. The van der Waals surface area contributed by atoms with Crippen LogP contribution < -0.4 is 10.6 Å². The van der Waals surface area contributed by atoms with E-state index in [4.69, 9.17) is 0 Å². The first-order chi connectivity index (χ1) is 8.84. The summed E-state index contributed by atoms with van der Waals surface area (Å²) in [5.74, 6) is 0.386. The molecule has 1 amide bonds. The highest BCUT2D eigenvalue weighted by Crippen LogP contribution is 2.14. The lowest BCUT2D eigenvalue weighted by molar-refractivity contribution is 0.0924. The van der Waals surface area contributed by atoms with Crippen molar-refractivity contribution in [2.75, 3.05) is 39.5 Å². The summed E-state index contributed by atoms with van der Waals surface area (Å²) in [7, 11) is 5.78. The molecule has 0 saturated carbocycles. The largest absolute Gasteiger partial charge is 0.372 e. The first kappa shape index (κ1) is 15.4. The minimum atomic E-state index is -0.198. The van der Waals surface area contributed by atoms with Crippen LogP contribution >= 0.6 is 0 Å². The number of anilines is 1. The third kappa shape index (κ3) is 5.21. The smallest absolute Gasteiger partial charge is 0.271 e. The Balaban J connectivity index is 2.60. The van der Waals surface area contributed by atoms with Gasteiger partial charge in [0.25, 0.3) is 5.91 Å². The van der Waals surface area contributed by atoms with Gasteiger partial charge in [-0.2, -0.15) is 0 Å². The summed E-state index contributed by atoms with van der Waals surface area (Å²) in [5, 5.41) is 5.76. The SMILES string of the molecule is CNc1cncc(C(=O)NCC(C)(C)CN(C)C)n1. The van der Waals surface area contributed by atoms with Crippen LogP contribution in [-0.2, 0) is 0 Å². The van der Waals surface area contributed by atoms with E-state index in [1.165, 1.54) is 6.20 Å². The van der Waals surface area contributed by atoms with Gasteiger partial charge in [0.15, 0.2) is 0 Å². The van der Waals surface area contributed by atoms with Gasteiger partial charge in [0.2, 0.25) is 0 Å². The van der Waals surface area contributed by atoms with E-state index in [1.807, 2.05) is 14.1 Å². The molecule has 0 saturated heterocycles. The Labute approximate surface area is 114 Å². The van der Waals surface area contributed by atoms with Crippen LogP contribution in [-0.4, -0.2) is 55.0 Å². The van der Waals surface area contributed by atoms with Gasteiger partial charge in [-0.15, -0.1) is 0 Å². The molecule has 1 aromatic rings. The lowest BCUT2D eigenvalue weighted by atomic mass is 9.93. The summed E-state index contributed by atoms with van der Waals surface area (Å²) in [5.41, 5.74) is 0.334. The molecule has 0 atom stereocenters. The lowest BCUT2D eigenvalue weighted by Crippen LogP contribution is -2.40. The molecule has 1 rings (SSSR count). The zero-order chi connectivity index (χ0) is 14.5. The van der Waals surface area contributed by atoms with E-state index < -0.39 is 0 Å². The van der Waals surface area contributed by atoms with Crippen molar-refractivity contribution in [1.82, 2.24) is 20.2 Å². The fourth-order valence-electron chi connectivity index (χ4n) is 1.92. The number of rotatable bonds is 6. The molecule has 0 radical (unpaired) electrons. The van der Waals surface area contributed by atoms with Crippen molar-refractivity contribution in [2.24, 2.45) is 5.41 Å². The summed E-state index contributed by atoms with van der Waals surface area (Å²) in [6.07, 6.45) is 3.04. The Morgan fingerprint density at radius 1 is 1.37 bits per heavy atom. The van der Waals surface area contributed by atoms with Gasteiger partial charge in [0.1, 0.15) is 11.5 Å². The summed E-state index contributed by atoms with van der Waals surface area (Å²) in [6, 6.07) is 0. The number of nitrogens with zero attached hydrogens (tertiary/aromatic N) is 3. The molecule has 19 heavy (non-hydrogen) atoms. The van der Waals surface area contributed by atoms with Crippen molar-refractivity contribution in [3.63, 3.8) is 0 Å². The van der Waals surface area contributed by atoms with E-state index in [1.54, 1.807) is 13.2 Å².